The molecule has 0 aromatic carbocycles. The van der Waals surface area contributed by atoms with Crippen LogP contribution in [0, 0.1) is 10.8 Å². The van der Waals surface area contributed by atoms with Crippen LogP contribution in [0.2, 0.25) is 6.32 Å². The third-order valence-electron chi connectivity index (χ3n) is 2.47. The maximum atomic E-state index is 5.67. The lowest BCUT2D eigenvalue weighted by molar-refractivity contribution is 0.206. The normalized spacial score (nSPS) is 13.5. The summed E-state index contributed by atoms with van der Waals surface area (Å²) < 4.78 is 0. The Labute approximate surface area is 73.2 Å². The lowest BCUT2D eigenvalue weighted by Crippen LogP contribution is -2.22. The van der Waals surface area contributed by atoms with Crippen molar-refractivity contribution in [1.82, 2.24) is 0 Å². The maximum Gasteiger partial charge on any atom is 0.0660 e. The van der Waals surface area contributed by atoms with E-state index in [-0.39, 0.29) is 0 Å². The molecule has 0 nitrogen and oxygen atoms in total. The molecule has 0 unspecified atom stereocenters. The summed E-state index contributed by atoms with van der Waals surface area (Å²) in [5.41, 5.74) is 0.752. The summed E-state index contributed by atoms with van der Waals surface area (Å²) in [7, 11) is 5.67. The summed E-state index contributed by atoms with van der Waals surface area (Å²) in [4.78, 5) is 0. The summed E-state index contributed by atoms with van der Waals surface area (Å²) in [6.45, 7) is 11.3. The van der Waals surface area contributed by atoms with E-state index in [0.717, 1.165) is 6.32 Å². The van der Waals surface area contributed by atoms with Crippen LogP contribution >= 0.6 is 0 Å². The molecular weight excluding hydrogens is 131 g/mol. The first-order chi connectivity index (χ1) is 4.83. The third-order valence-corrected chi connectivity index (χ3v) is 2.47. The first-order valence-corrected chi connectivity index (χ1v) is 4.53. The molecule has 0 N–H and O–H groups in total. The lowest BCUT2D eigenvalue weighted by Gasteiger charge is -2.33. The van der Waals surface area contributed by atoms with Gasteiger partial charge >= 0.3 is 0 Å². The molecule has 0 aromatic heterocycles. The van der Waals surface area contributed by atoms with Gasteiger partial charge in [0.05, 0.1) is 7.85 Å². The minimum absolute atomic E-state index is 0.305. The van der Waals surface area contributed by atoms with Gasteiger partial charge in [-0.25, -0.2) is 0 Å². The summed E-state index contributed by atoms with van der Waals surface area (Å²) in [5, 5.41) is 0. The van der Waals surface area contributed by atoms with Gasteiger partial charge in [0.2, 0.25) is 0 Å². The predicted molar refractivity (Wildman–Crippen MR) is 53.0 cm³/mol. The average molecular weight is 152 g/mol. The van der Waals surface area contributed by atoms with E-state index in [1.165, 1.54) is 12.8 Å². The van der Waals surface area contributed by atoms with E-state index in [2.05, 4.69) is 34.6 Å². The van der Waals surface area contributed by atoms with Gasteiger partial charge in [-0.1, -0.05) is 47.4 Å². The van der Waals surface area contributed by atoms with Crippen LogP contribution in [0.25, 0.3) is 0 Å². The fourth-order valence-electron chi connectivity index (χ4n) is 1.49. The van der Waals surface area contributed by atoms with Gasteiger partial charge in [-0.3, -0.25) is 0 Å². The maximum absolute atomic E-state index is 5.67. The molecule has 0 aromatic rings. The summed E-state index contributed by atoms with van der Waals surface area (Å²) in [6.07, 6.45) is 3.24. The zero-order valence-electron chi connectivity index (χ0n) is 8.70. The molecule has 1 heteroatoms. The molecule has 0 heterocycles. The Hall–Kier alpha value is 0.0649. The van der Waals surface area contributed by atoms with Gasteiger partial charge in [0, 0.05) is 0 Å². The standard InChI is InChI=1S/C10H21B/c1-6-9(2,3)7-10(4,5)8-11/h6-8H2,1-5H3. The van der Waals surface area contributed by atoms with Crippen molar-refractivity contribution in [1.29, 1.82) is 0 Å². The Morgan fingerprint density at radius 3 is 1.73 bits per heavy atom. The van der Waals surface area contributed by atoms with Crippen LogP contribution in [0.4, 0.5) is 0 Å². The van der Waals surface area contributed by atoms with Gasteiger partial charge < -0.3 is 0 Å². The summed E-state index contributed by atoms with van der Waals surface area (Å²) >= 11 is 0. The second-order valence-corrected chi connectivity index (χ2v) is 5.06. The fraction of sp³-hybridized carbons (Fsp3) is 1.00. The Bertz CT molecular complexity index is 100. The molecule has 64 valence electrons. The SMILES string of the molecule is [B]CC(C)(C)CC(C)(C)CC. The molecule has 0 spiro atoms. The molecule has 0 aliphatic rings. The number of rotatable bonds is 4. The largest absolute Gasteiger partial charge is 0.0836 e. The number of hydrogen-bond acceptors (Lipinski definition) is 0. The van der Waals surface area contributed by atoms with Crippen molar-refractivity contribution in [2.45, 2.75) is 53.8 Å². The van der Waals surface area contributed by atoms with Crippen molar-refractivity contribution in [3.05, 3.63) is 0 Å². The zero-order valence-corrected chi connectivity index (χ0v) is 8.70. The van der Waals surface area contributed by atoms with Crippen molar-refractivity contribution in [2.75, 3.05) is 0 Å². The summed E-state index contributed by atoms with van der Waals surface area (Å²) in [6, 6.07) is 0. The van der Waals surface area contributed by atoms with Gasteiger partial charge in [-0.15, -0.1) is 0 Å². The Balaban J connectivity index is 4.02. The van der Waals surface area contributed by atoms with Crippen molar-refractivity contribution >= 4 is 7.85 Å². The molecular formula is C10H21B. The second-order valence-electron chi connectivity index (χ2n) is 5.06. The van der Waals surface area contributed by atoms with E-state index in [9.17, 15) is 0 Å². The molecule has 0 aliphatic heterocycles. The molecule has 2 radical (unpaired) electrons. The molecule has 0 saturated heterocycles. The Morgan fingerprint density at radius 2 is 1.45 bits per heavy atom. The first-order valence-electron chi connectivity index (χ1n) is 4.53. The lowest BCUT2D eigenvalue weighted by atomic mass is 9.68. The van der Waals surface area contributed by atoms with Crippen molar-refractivity contribution in [2.24, 2.45) is 10.8 Å². The van der Waals surface area contributed by atoms with Crippen molar-refractivity contribution < 1.29 is 0 Å². The van der Waals surface area contributed by atoms with Crippen LogP contribution in [-0.4, -0.2) is 7.85 Å². The van der Waals surface area contributed by atoms with Crippen molar-refractivity contribution in [3.8, 4) is 0 Å². The van der Waals surface area contributed by atoms with E-state index in [1.54, 1.807) is 0 Å². The average Bonchev–Trinajstić information content (AvgIpc) is 1.86. The topological polar surface area (TPSA) is 0 Å². The fourth-order valence-corrected chi connectivity index (χ4v) is 1.49. The molecule has 0 fully saturated rings. The number of hydrogen-bond donors (Lipinski definition) is 0. The third kappa shape index (κ3) is 4.50. The predicted octanol–water partition coefficient (Wildman–Crippen LogP) is 3.43. The molecule has 11 heavy (non-hydrogen) atoms. The molecule has 0 rings (SSSR count). The van der Waals surface area contributed by atoms with E-state index in [0.29, 0.717) is 10.8 Å². The zero-order chi connectivity index (χ0) is 9.12. The highest BCUT2D eigenvalue weighted by atomic mass is 14.3. The van der Waals surface area contributed by atoms with E-state index in [4.69, 9.17) is 7.85 Å². The van der Waals surface area contributed by atoms with Gasteiger partial charge in [-0.05, 0) is 17.3 Å². The van der Waals surface area contributed by atoms with E-state index in [1.807, 2.05) is 0 Å². The Kier molecular flexibility index (Phi) is 3.67. The quantitative estimate of drug-likeness (QED) is 0.541. The van der Waals surface area contributed by atoms with Crippen LogP contribution in [0.5, 0.6) is 0 Å². The van der Waals surface area contributed by atoms with Crippen LogP contribution in [-0.2, 0) is 0 Å². The van der Waals surface area contributed by atoms with Crippen LogP contribution in [0.3, 0.4) is 0 Å². The van der Waals surface area contributed by atoms with Crippen molar-refractivity contribution in [3.63, 3.8) is 0 Å². The molecule has 0 saturated carbocycles. The molecule has 0 atom stereocenters. The van der Waals surface area contributed by atoms with Gasteiger partial charge in [0.15, 0.2) is 0 Å². The van der Waals surface area contributed by atoms with Gasteiger partial charge in [-0.2, -0.15) is 0 Å². The van der Waals surface area contributed by atoms with Gasteiger partial charge in [0.1, 0.15) is 0 Å². The van der Waals surface area contributed by atoms with E-state index < -0.39 is 0 Å². The monoisotopic (exact) mass is 152 g/mol. The smallest absolute Gasteiger partial charge is 0.0660 e. The minimum Gasteiger partial charge on any atom is -0.0836 e. The highest BCUT2D eigenvalue weighted by Crippen LogP contribution is 2.37. The summed E-state index contributed by atoms with van der Waals surface area (Å²) in [5.74, 6) is 0. The van der Waals surface area contributed by atoms with Crippen LogP contribution < -0.4 is 0 Å². The van der Waals surface area contributed by atoms with Gasteiger partial charge in [0.25, 0.3) is 0 Å². The molecule has 0 bridgehead atoms. The highest BCUT2D eigenvalue weighted by Gasteiger charge is 2.25. The Morgan fingerprint density at radius 1 is 1.00 bits per heavy atom. The van der Waals surface area contributed by atoms with Crippen LogP contribution in [0.1, 0.15) is 47.5 Å². The molecule has 0 amide bonds. The van der Waals surface area contributed by atoms with Crippen LogP contribution in [0.15, 0.2) is 0 Å². The molecule has 0 aliphatic carbocycles. The van der Waals surface area contributed by atoms with E-state index >= 15 is 0 Å². The second kappa shape index (κ2) is 3.64. The minimum atomic E-state index is 0.305. The first kappa shape index (κ1) is 11.1. The highest BCUT2D eigenvalue weighted by molar-refractivity contribution is 6.08.